The highest BCUT2D eigenvalue weighted by atomic mass is 16.5. The molecular formula is C28H26N4O5. The van der Waals surface area contributed by atoms with E-state index in [4.69, 9.17) is 4.74 Å². The van der Waals surface area contributed by atoms with Crippen molar-refractivity contribution in [1.82, 2.24) is 20.6 Å². The fourth-order valence-electron chi connectivity index (χ4n) is 3.74. The Morgan fingerprint density at radius 2 is 1.38 bits per heavy atom. The number of carbonyl (C=O) groups is 3. The summed E-state index contributed by atoms with van der Waals surface area (Å²) in [5.74, 6) is -1.88. The zero-order valence-corrected chi connectivity index (χ0v) is 19.9. The predicted octanol–water partition coefficient (Wildman–Crippen LogP) is 3.28. The molecule has 0 fully saturated rings. The number of para-hydroxylation sites is 2. The Bertz CT molecular complexity index is 1360. The molecular weight excluding hydrogens is 472 g/mol. The van der Waals surface area contributed by atoms with Crippen LogP contribution in [0.15, 0.2) is 91.1 Å². The SMILES string of the molecule is O=C(N[C@H](Cc1ccccc1)C(=O)N[C@H](Cc1cnc2ccccc2n1)C(=O)O)OCc1ccccc1. The van der Waals surface area contributed by atoms with Crippen LogP contribution in [0, 0.1) is 0 Å². The number of hydrogen-bond donors (Lipinski definition) is 3. The number of amides is 2. The van der Waals surface area contributed by atoms with Crippen LogP contribution >= 0.6 is 0 Å². The second-order valence-electron chi connectivity index (χ2n) is 8.40. The molecule has 4 aromatic rings. The van der Waals surface area contributed by atoms with Gasteiger partial charge in [-0.15, -0.1) is 0 Å². The Balaban J connectivity index is 1.45. The smallest absolute Gasteiger partial charge is 0.408 e. The number of ether oxygens (including phenoxy) is 1. The van der Waals surface area contributed by atoms with Gasteiger partial charge in [0.2, 0.25) is 5.91 Å². The maximum Gasteiger partial charge on any atom is 0.408 e. The molecule has 1 heterocycles. The van der Waals surface area contributed by atoms with E-state index in [0.29, 0.717) is 16.7 Å². The topological polar surface area (TPSA) is 131 Å². The Labute approximate surface area is 213 Å². The minimum Gasteiger partial charge on any atom is -0.480 e. The van der Waals surface area contributed by atoms with Gasteiger partial charge in [-0.2, -0.15) is 0 Å². The van der Waals surface area contributed by atoms with Crippen molar-refractivity contribution < 1.29 is 24.2 Å². The molecule has 2 atom stereocenters. The van der Waals surface area contributed by atoms with Crippen LogP contribution in [0.5, 0.6) is 0 Å². The molecule has 0 aliphatic heterocycles. The van der Waals surface area contributed by atoms with Gasteiger partial charge in [-0.1, -0.05) is 72.8 Å². The first-order chi connectivity index (χ1) is 18.0. The summed E-state index contributed by atoms with van der Waals surface area (Å²) < 4.78 is 5.27. The number of carboxylic acid groups (broad SMARTS) is 1. The van der Waals surface area contributed by atoms with E-state index in [2.05, 4.69) is 20.6 Å². The average molecular weight is 499 g/mol. The molecule has 9 nitrogen and oxygen atoms in total. The van der Waals surface area contributed by atoms with Crippen molar-refractivity contribution in [2.24, 2.45) is 0 Å². The van der Waals surface area contributed by atoms with E-state index in [1.54, 1.807) is 12.1 Å². The van der Waals surface area contributed by atoms with Gasteiger partial charge < -0.3 is 20.5 Å². The number of nitrogens with one attached hydrogen (secondary N) is 2. The number of nitrogens with zero attached hydrogens (tertiary/aromatic N) is 2. The molecule has 0 spiro atoms. The van der Waals surface area contributed by atoms with Gasteiger partial charge in [-0.3, -0.25) is 9.78 Å². The number of carboxylic acids is 1. The van der Waals surface area contributed by atoms with E-state index >= 15 is 0 Å². The number of fused-ring (bicyclic) bond motifs is 1. The van der Waals surface area contributed by atoms with E-state index in [-0.39, 0.29) is 19.4 Å². The first-order valence-electron chi connectivity index (χ1n) is 11.7. The molecule has 0 saturated heterocycles. The Kier molecular flexibility index (Phi) is 8.38. The lowest BCUT2D eigenvalue weighted by atomic mass is 10.0. The third kappa shape index (κ3) is 7.35. The second kappa shape index (κ2) is 12.3. The van der Waals surface area contributed by atoms with Crippen molar-refractivity contribution in [2.45, 2.75) is 31.5 Å². The quantitative estimate of drug-likeness (QED) is 0.306. The molecule has 0 saturated carbocycles. The highest BCUT2D eigenvalue weighted by Crippen LogP contribution is 2.11. The van der Waals surface area contributed by atoms with E-state index in [1.807, 2.05) is 72.8 Å². The monoisotopic (exact) mass is 498 g/mol. The van der Waals surface area contributed by atoms with Crippen LogP contribution in [0.3, 0.4) is 0 Å². The fraction of sp³-hybridized carbons (Fsp3) is 0.179. The van der Waals surface area contributed by atoms with E-state index in [0.717, 1.165) is 11.1 Å². The molecule has 0 aliphatic rings. The minimum atomic E-state index is -1.27. The van der Waals surface area contributed by atoms with Crippen molar-refractivity contribution in [1.29, 1.82) is 0 Å². The van der Waals surface area contributed by atoms with Crippen LogP contribution in [0.2, 0.25) is 0 Å². The molecule has 1 aromatic heterocycles. The maximum absolute atomic E-state index is 13.2. The summed E-state index contributed by atoms with van der Waals surface area (Å²) in [6.45, 7) is 0.0325. The summed E-state index contributed by atoms with van der Waals surface area (Å²) in [6, 6.07) is 23.1. The average Bonchev–Trinajstić information content (AvgIpc) is 2.92. The highest BCUT2D eigenvalue weighted by molar-refractivity contribution is 5.89. The minimum absolute atomic E-state index is 0.0325. The molecule has 0 unspecified atom stereocenters. The number of carbonyl (C=O) groups excluding carboxylic acids is 2. The second-order valence-corrected chi connectivity index (χ2v) is 8.40. The van der Waals surface area contributed by atoms with Gasteiger partial charge in [-0.05, 0) is 23.3 Å². The summed E-state index contributed by atoms with van der Waals surface area (Å²) in [5.41, 5.74) is 3.31. The van der Waals surface area contributed by atoms with Crippen molar-refractivity contribution in [3.63, 3.8) is 0 Å². The Hall–Kier alpha value is -4.79. The molecule has 3 aromatic carbocycles. The number of aromatic nitrogens is 2. The number of hydrogen-bond acceptors (Lipinski definition) is 6. The van der Waals surface area contributed by atoms with Gasteiger partial charge in [0.1, 0.15) is 18.7 Å². The third-order valence-corrected chi connectivity index (χ3v) is 5.63. The fourth-order valence-corrected chi connectivity index (χ4v) is 3.74. The molecule has 0 aliphatic carbocycles. The lowest BCUT2D eigenvalue weighted by Gasteiger charge is -2.21. The standard InChI is InChI=1S/C28H26N4O5/c33-26(31-25(27(34)35)16-21-17-29-22-13-7-8-14-23(22)30-21)24(15-19-9-3-1-4-10-19)32-28(36)37-18-20-11-5-2-6-12-20/h1-14,17,24-25H,15-16,18H2,(H,31,33)(H,32,36)(H,34,35)/t24-,25-/m1/s1. The number of rotatable bonds is 10. The van der Waals surface area contributed by atoms with Crippen molar-refractivity contribution in [3.05, 3.63) is 108 Å². The summed E-state index contributed by atoms with van der Waals surface area (Å²) in [4.78, 5) is 46.5. The van der Waals surface area contributed by atoms with Crippen molar-refractivity contribution in [2.75, 3.05) is 0 Å². The summed E-state index contributed by atoms with van der Waals surface area (Å²) in [5, 5.41) is 14.9. The van der Waals surface area contributed by atoms with Gasteiger partial charge >= 0.3 is 12.1 Å². The highest BCUT2D eigenvalue weighted by Gasteiger charge is 2.28. The van der Waals surface area contributed by atoms with Crippen molar-refractivity contribution >= 4 is 29.0 Å². The normalized spacial score (nSPS) is 12.3. The largest absolute Gasteiger partial charge is 0.480 e. The van der Waals surface area contributed by atoms with E-state index in [1.165, 1.54) is 6.20 Å². The van der Waals surface area contributed by atoms with Crippen LogP contribution in [0.1, 0.15) is 16.8 Å². The lowest BCUT2D eigenvalue weighted by molar-refractivity contribution is -0.142. The van der Waals surface area contributed by atoms with E-state index < -0.39 is 30.1 Å². The van der Waals surface area contributed by atoms with Gasteiger partial charge in [0.05, 0.1) is 16.7 Å². The summed E-state index contributed by atoms with van der Waals surface area (Å²) in [6.07, 6.45) is 0.780. The van der Waals surface area contributed by atoms with Crippen molar-refractivity contribution in [3.8, 4) is 0 Å². The zero-order valence-electron chi connectivity index (χ0n) is 19.9. The van der Waals surface area contributed by atoms with Crippen LogP contribution < -0.4 is 10.6 Å². The molecule has 188 valence electrons. The van der Waals surface area contributed by atoms with Gasteiger partial charge in [-0.25, -0.2) is 14.6 Å². The molecule has 0 radical (unpaired) electrons. The van der Waals surface area contributed by atoms with Crippen LogP contribution in [0.25, 0.3) is 11.0 Å². The van der Waals surface area contributed by atoms with Crippen LogP contribution in [0.4, 0.5) is 4.79 Å². The molecule has 4 rings (SSSR count). The van der Waals surface area contributed by atoms with Crippen LogP contribution in [-0.2, 0) is 33.8 Å². The lowest BCUT2D eigenvalue weighted by Crippen LogP contribution is -2.53. The predicted molar refractivity (Wildman–Crippen MR) is 137 cm³/mol. The molecule has 9 heteroatoms. The first kappa shape index (κ1) is 25.3. The van der Waals surface area contributed by atoms with E-state index in [9.17, 15) is 19.5 Å². The summed E-state index contributed by atoms with van der Waals surface area (Å²) in [7, 11) is 0. The maximum atomic E-state index is 13.2. The van der Waals surface area contributed by atoms with Gasteiger partial charge in [0, 0.05) is 19.0 Å². The first-order valence-corrected chi connectivity index (χ1v) is 11.7. The number of benzene rings is 3. The zero-order chi connectivity index (χ0) is 26.0. The van der Waals surface area contributed by atoms with Gasteiger partial charge in [0.25, 0.3) is 0 Å². The number of alkyl carbamates (subject to hydrolysis) is 1. The van der Waals surface area contributed by atoms with Gasteiger partial charge in [0.15, 0.2) is 0 Å². The Morgan fingerprint density at radius 3 is 2.05 bits per heavy atom. The summed E-state index contributed by atoms with van der Waals surface area (Å²) >= 11 is 0. The molecule has 2 amide bonds. The molecule has 0 bridgehead atoms. The van der Waals surface area contributed by atoms with Crippen LogP contribution in [-0.4, -0.2) is 45.1 Å². The third-order valence-electron chi connectivity index (χ3n) is 5.63. The molecule has 3 N–H and O–H groups in total. The molecule has 37 heavy (non-hydrogen) atoms. The number of aliphatic carboxylic acids is 1. The Morgan fingerprint density at radius 1 is 0.757 bits per heavy atom.